The van der Waals surface area contributed by atoms with Crippen LogP contribution in [-0.4, -0.2) is 31.1 Å². The number of thiophene rings is 1. The summed E-state index contributed by atoms with van der Waals surface area (Å²) in [7, 11) is 0. The molecule has 0 amide bonds. The molecule has 0 aliphatic carbocycles. The minimum atomic E-state index is 0. The second-order valence-electron chi connectivity index (χ2n) is 4.88. The Hall–Kier alpha value is 0.190. The summed E-state index contributed by atoms with van der Waals surface area (Å²) >= 11 is 11.5. The van der Waals surface area contributed by atoms with E-state index in [1.807, 2.05) is 17.4 Å². The van der Waals surface area contributed by atoms with Crippen molar-refractivity contribution in [3.63, 3.8) is 0 Å². The minimum absolute atomic E-state index is 0. The van der Waals surface area contributed by atoms with Crippen molar-refractivity contribution in [2.45, 2.75) is 6.04 Å². The average Bonchev–Trinajstić information content (AvgIpc) is 2.98. The van der Waals surface area contributed by atoms with Crippen LogP contribution in [0.2, 0.25) is 5.02 Å². The summed E-state index contributed by atoms with van der Waals surface area (Å²) in [6.07, 6.45) is 0. The fourth-order valence-corrected chi connectivity index (χ4v) is 4.02. The summed E-state index contributed by atoms with van der Waals surface area (Å²) in [4.78, 5) is 3.93. The molecule has 0 saturated carbocycles. The molecule has 1 fully saturated rings. The molecule has 1 aliphatic heterocycles. The summed E-state index contributed by atoms with van der Waals surface area (Å²) in [5.41, 5.74) is 1.30. The molecule has 1 aromatic heterocycles. The van der Waals surface area contributed by atoms with Gasteiger partial charge in [0, 0.05) is 35.5 Å². The monoisotopic (exact) mass is 442 g/mol. The zero-order valence-electron chi connectivity index (χ0n) is 11.8. The third-order valence-electron chi connectivity index (χ3n) is 3.59. The molecule has 2 nitrogen and oxygen atoms in total. The van der Waals surface area contributed by atoms with E-state index < -0.39 is 0 Å². The van der Waals surface area contributed by atoms with Gasteiger partial charge < -0.3 is 5.32 Å². The second kappa shape index (κ2) is 9.48. The van der Waals surface area contributed by atoms with Crippen molar-refractivity contribution in [1.29, 1.82) is 0 Å². The molecular weight excluding hydrogens is 427 g/mol. The Morgan fingerprint density at radius 1 is 1.18 bits per heavy atom. The molecule has 1 N–H and O–H groups in total. The molecule has 2 aromatic rings. The van der Waals surface area contributed by atoms with Crippen LogP contribution >= 0.6 is 63.7 Å². The molecule has 1 aromatic carbocycles. The summed E-state index contributed by atoms with van der Waals surface area (Å²) in [6, 6.07) is 10.9. The van der Waals surface area contributed by atoms with Gasteiger partial charge in [-0.25, -0.2) is 0 Å². The van der Waals surface area contributed by atoms with Gasteiger partial charge in [0.2, 0.25) is 0 Å². The Balaban J connectivity index is 0.00000121. The first-order valence-corrected chi connectivity index (χ1v) is 8.74. The Labute approximate surface area is 161 Å². The van der Waals surface area contributed by atoms with E-state index >= 15 is 0 Å². The van der Waals surface area contributed by atoms with Gasteiger partial charge in [-0.1, -0.05) is 23.7 Å². The number of nitrogens with one attached hydrogen (secondary N) is 1. The summed E-state index contributed by atoms with van der Waals surface area (Å²) in [5, 5.41) is 6.33. The zero-order chi connectivity index (χ0) is 13.9. The van der Waals surface area contributed by atoms with Crippen molar-refractivity contribution in [2.24, 2.45) is 0 Å². The Bertz CT molecular complexity index is 574. The first-order valence-electron chi connectivity index (χ1n) is 6.69. The third-order valence-corrected chi connectivity index (χ3v) is 5.73. The zero-order valence-corrected chi connectivity index (χ0v) is 16.6. The number of halogens is 4. The Morgan fingerprint density at radius 3 is 2.50 bits per heavy atom. The highest BCUT2D eigenvalue weighted by Gasteiger charge is 2.24. The van der Waals surface area contributed by atoms with E-state index in [0.29, 0.717) is 6.04 Å². The van der Waals surface area contributed by atoms with Gasteiger partial charge in [-0.3, -0.25) is 4.90 Å². The van der Waals surface area contributed by atoms with Crippen molar-refractivity contribution in [2.75, 3.05) is 26.2 Å². The number of nitrogens with zero attached hydrogens (tertiary/aromatic N) is 1. The highest BCUT2D eigenvalue weighted by atomic mass is 79.9. The topological polar surface area (TPSA) is 15.3 Å². The summed E-state index contributed by atoms with van der Waals surface area (Å²) in [6.45, 7) is 4.25. The predicted octanol–water partition coefficient (Wildman–Crippen LogP) is 5.00. The first-order chi connectivity index (χ1) is 9.75. The third kappa shape index (κ3) is 4.60. The van der Waals surface area contributed by atoms with Gasteiger partial charge in [-0.2, -0.15) is 0 Å². The highest BCUT2D eigenvalue weighted by Crippen LogP contribution is 2.35. The fraction of sp³-hybridized carbons (Fsp3) is 0.333. The van der Waals surface area contributed by atoms with Crippen LogP contribution in [0.25, 0.3) is 0 Å². The van der Waals surface area contributed by atoms with E-state index in [2.05, 4.69) is 55.8 Å². The average molecular weight is 445 g/mol. The lowest BCUT2D eigenvalue weighted by atomic mass is 10.0. The van der Waals surface area contributed by atoms with Crippen LogP contribution in [0, 0.1) is 0 Å². The standard InChI is InChI=1S/C15H16BrClN2S.2ClH/c16-12-10-11(3-4-13(12)17)15(14-2-1-9-20-14)19-7-5-18-6-8-19;;/h1-4,9-10,15,18H,5-8H2;2*1H/t15-;;/m0../s1. The molecule has 1 atom stereocenters. The number of piperazine rings is 1. The minimum Gasteiger partial charge on any atom is -0.314 e. The molecule has 7 heteroatoms. The molecule has 3 rings (SSSR count). The molecular formula is C15H18BrCl3N2S. The molecule has 22 heavy (non-hydrogen) atoms. The SMILES string of the molecule is Cl.Cl.Clc1ccc([C@@H](c2cccs2)N2CCNCC2)cc1Br. The lowest BCUT2D eigenvalue weighted by Crippen LogP contribution is -2.45. The molecule has 0 spiro atoms. The Morgan fingerprint density at radius 2 is 1.91 bits per heavy atom. The van der Waals surface area contributed by atoms with E-state index in [-0.39, 0.29) is 24.8 Å². The number of rotatable bonds is 3. The quantitative estimate of drug-likeness (QED) is 0.717. The van der Waals surface area contributed by atoms with Gasteiger partial charge >= 0.3 is 0 Å². The van der Waals surface area contributed by atoms with Crippen molar-refractivity contribution in [1.82, 2.24) is 10.2 Å². The Kier molecular flexibility index (Phi) is 8.72. The lowest BCUT2D eigenvalue weighted by Gasteiger charge is -2.35. The van der Waals surface area contributed by atoms with Gasteiger partial charge in [0.05, 0.1) is 11.1 Å². The van der Waals surface area contributed by atoms with Crippen molar-refractivity contribution in [3.8, 4) is 0 Å². The van der Waals surface area contributed by atoms with E-state index in [1.54, 1.807) is 0 Å². The maximum atomic E-state index is 6.13. The molecule has 0 unspecified atom stereocenters. The van der Waals surface area contributed by atoms with Crippen LogP contribution < -0.4 is 5.32 Å². The number of hydrogen-bond acceptors (Lipinski definition) is 3. The van der Waals surface area contributed by atoms with Crippen molar-refractivity contribution >= 4 is 63.7 Å². The maximum absolute atomic E-state index is 6.13. The fourth-order valence-electron chi connectivity index (χ4n) is 2.62. The first kappa shape index (κ1) is 20.2. The van der Waals surface area contributed by atoms with Crippen LogP contribution in [0.1, 0.15) is 16.5 Å². The predicted molar refractivity (Wildman–Crippen MR) is 104 cm³/mol. The summed E-state index contributed by atoms with van der Waals surface area (Å²) in [5.74, 6) is 0. The van der Waals surface area contributed by atoms with Crippen LogP contribution in [0.3, 0.4) is 0 Å². The second-order valence-corrected chi connectivity index (χ2v) is 7.12. The molecule has 2 heterocycles. The van der Waals surface area contributed by atoms with Crippen LogP contribution in [0.4, 0.5) is 0 Å². The highest BCUT2D eigenvalue weighted by molar-refractivity contribution is 9.10. The summed E-state index contributed by atoms with van der Waals surface area (Å²) < 4.78 is 0.966. The normalized spacial score (nSPS) is 16.5. The lowest BCUT2D eigenvalue weighted by molar-refractivity contribution is 0.200. The van der Waals surface area contributed by atoms with E-state index in [1.165, 1.54) is 10.4 Å². The van der Waals surface area contributed by atoms with Gasteiger partial charge in [0.25, 0.3) is 0 Å². The van der Waals surface area contributed by atoms with E-state index in [9.17, 15) is 0 Å². The van der Waals surface area contributed by atoms with Crippen molar-refractivity contribution < 1.29 is 0 Å². The largest absolute Gasteiger partial charge is 0.314 e. The van der Waals surface area contributed by atoms with Crippen LogP contribution in [-0.2, 0) is 0 Å². The van der Waals surface area contributed by atoms with Crippen molar-refractivity contribution in [3.05, 3.63) is 55.6 Å². The number of benzene rings is 1. The molecule has 1 aliphatic rings. The van der Waals surface area contributed by atoms with Gasteiger partial charge in [0.15, 0.2) is 0 Å². The number of hydrogen-bond donors (Lipinski definition) is 1. The van der Waals surface area contributed by atoms with Crippen LogP contribution in [0.5, 0.6) is 0 Å². The molecule has 1 saturated heterocycles. The smallest absolute Gasteiger partial charge is 0.0697 e. The molecule has 122 valence electrons. The van der Waals surface area contributed by atoms with Gasteiger partial charge in [-0.05, 0) is 45.1 Å². The molecule has 0 radical (unpaired) electrons. The van der Waals surface area contributed by atoms with Crippen LogP contribution in [0.15, 0.2) is 40.2 Å². The molecule has 0 bridgehead atoms. The van der Waals surface area contributed by atoms with Gasteiger partial charge in [0.1, 0.15) is 0 Å². The van der Waals surface area contributed by atoms with Gasteiger partial charge in [-0.15, -0.1) is 36.2 Å². The maximum Gasteiger partial charge on any atom is 0.0697 e. The van der Waals surface area contributed by atoms with E-state index in [4.69, 9.17) is 11.6 Å². The van der Waals surface area contributed by atoms with E-state index in [0.717, 1.165) is 35.7 Å².